The molecule has 2 amide bonds. The van der Waals surface area contributed by atoms with E-state index in [2.05, 4.69) is 10.3 Å². The molecule has 8 heteroatoms. The van der Waals surface area contributed by atoms with E-state index in [9.17, 15) is 14.4 Å². The van der Waals surface area contributed by atoms with Gasteiger partial charge in [-0.05, 0) is 19.1 Å². The van der Waals surface area contributed by atoms with Gasteiger partial charge in [0.15, 0.2) is 6.61 Å². The molecular weight excluding hydrogens is 390 g/mol. The number of esters is 1. The zero-order chi connectivity index (χ0) is 20.4. The fourth-order valence-corrected chi connectivity index (χ4v) is 3.98. The molecule has 1 aromatic heterocycles. The van der Waals surface area contributed by atoms with E-state index < -0.39 is 18.5 Å². The quantitative estimate of drug-likeness (QED) is 0.671. The van der Waals surface area contributed by atoms with Crippen LogP contribution >= 0.6 is 11.3 Å². The molecule has 1 N–H and O–H groups in total. The summed E-state index contributed by atoms with van der Waals surface area (Å²) in [5, 5.41) is 3.43. The number of ether oxygens (including phenoxy) is 1. The molecule has 29 heavy (non-hydrogen) atoms. The molecule has 7 nitrogen and oxygen atoms in total. The summed E-state index contributed by atoms with van der Waals surface area (Å²) in [6.07, 6.45) is 0. The molecule has 0 aliphatic carbocycles. The van der Waals surface area contributed by atoms with Gasteiger partial charge in [0.25, 0.3) is 5.91 Å². The number of aryl methyl sites for hydroxylation is 1. The normalized spacial score (nSPS) is 12.9. The van der Waals surface area contributed by atoms with Gasteiger partial charge < -0.3 is 10.1 Å². The molecule has 2 aromatic carbocycles. The Morgan fingerprint density at radius 2 is 1.86 bits per heavy atom. The van der Waals surface area contributed by atoms with Crippen LogP contribution in [0.1, 0.15) is 15.4 Å². The molecule has 0 spiro atoms. The van der Waals surface area contributed by atoms with Gasteiger partial charge in [0.05, 0.1) is 17.1 Å². The van der Waals surface area contributed by atoms with Gasteiger partial charge in [0, 0.05) is 5.56 Å². The van der Waals surface area contributed by atoms with E-state index >= 15 is 0 Å². The number of fused-ring (bicyclic) bond motifs is 1. The Hall–Kier alpha value is -3.52. The van der Waals surface area contributed by atoms with E-state index in [1.807, 2.05) is 30.3 Å². The number of nitrogens with zero attached hydrogens (tertiary/aromatic N) is 2. The Balaban J connectivity index is 1.46. The fourth-order valence-electron chi connectivity index (χ4n) is 3.02. The van der Waals surface area contributed by atoms with Gasteiger partial charge in [0.2, 0.25) is 5.91 Å². The van der Waals surface area contributed by atoms with Gasteiger partial charge in [-0.3, -0.25) is 14.5 Å². The minimum absolute atomic E-state index is 0.120. The summed E-state index contributed by atoms with van der Waals surface area (Å²) in [6.45, 7) is 1.15. The summed E-state index contributed by atoms with van der Waals surface area (Å²) >= 11 is 1.22. The van der Waals surface area contributed by atoms with Crippen molar-refractivity contribution in [3.05, 3.63) is 65.2 Å². The molecule has 0 bridgehead atoms. The molecule has 3 aromatic rings. The molecule has 0 saturated heterocycles. The Kier molecular flexibility index (Phi) is 5.09. The topological polar surface area (TPSA) is 88.6 Å². The maximum absolute atomic E-state index is 12.6. The predicted octanol–water partition coefficient (Wildman–Crippen LogP) is 3.26. The first-order chi connectivity index (χ1) is 14.0. The van der Waals surface area contributed by atoms with Crippen molar-refractivity contribution in [2.45, 2.75) is 6.92 Å². The third-order valence-electron chi connectivity index (χ3n) is 4.40. The lowest BCUT2D eigenvalue weighted by Gasteiger charge is -2.28. The number of carbonyl (C=O) groups is 3. The van der Waals surface area contributed by atoms with Gasteiger partial charge in [-0.1, -0.05) is 42.5 Å². The first-order valence-corrected chi connectivity index (χ1v) is 9.74. The first-order valence-electron chi connectivity index (χ1n) is 8.92. The van der Waals surface area contributed by atoms with Crippen molar-refractivity contribution in [1.29, 1.82) is 0 Å². The average Bonchev–Trinajstić information content (AvgIpc) is 3.13. The highest BCUT2D eigenvalue weighted by Gasteiger charge is 2.28. The number of para-hydroxylation sites is 2. The predicted molar refractivity (Wildman–Crippen MR) is 110 cm³/mol. The third kappa shape index (κ3) is 3.88. The molecule has 4 rings (SSSR count). The van der Waals surface area contributed by atoms with Crippen LogP contribution in [0.3, 0.4) is 0 Å². The first kappa shape index (κ1) is 18.8. The molecule has 0 unspecified atom stereocenters. The molecular formula is C21H17N3O4S. The number of hydrogen-bond acceptors (Lipinski definition) is 6. The van der Waals surface area contributed by atoms with Crippen LogP contribution in [0, 0.1) is 6.92 Å². The maximum atomic E-state index is 12.6. The number of hydrogen-bond donors (Lipinski definition) is 1. The summed E-state index contributed by atoms with van der Waals surface area (Å²) in [6, 6.07) is 16.5. The van der Waals surface area contributed by atoms with E-state index in [4.69, 9.17) is 4.74 Å². The van der Waals surface area contributed by atoms with E-state index in [-0.39, 0.29) is 12.5 Å². The zero-order valence-electron chi connectivity index (χ0n) is 15.5. The summed E-state index contributed by atoms with van der Waals surface area (Å²) in [7, 11) is 0. The van der Waals surface area contributed by atoms with Crippen molar-refractivity contribution >= 4 is 40.5 Å². The molecule has 1 aliphatic rings. The lowest BCUT2D eigenvalue weighted by molar-refractivity contribution is -0.124. The summed E-state index contributed by atoms with van der Waals surface area (Å²) in [5.74, 6) is -1.37. The van der Waals surface area contributed by atoms with Crippen LogP contribution in [0.5, 0.6) is 0 Å². The Bertz CT molecular complexity index is 1090. The Morgan fingerprint density at radius 3 is 2.66 bits per heavy atom. The number of aromatic nitrogens is 1. The van der Waals surface area contributed by atoms with Gasteiger partial charge in [0.1, 0.15) is 16.4 Å². The molecule has 0 atom stereocenters. The Labute approximate surface area is 170 Å². The van der Waals surface area contributed by atoms with Crippen LogP contribution in [-0.2, 0) is 14.3 Å². The van der Waals surface area contributed by atoms with Crippen molar-refractivity contribution in [3.63, 3.8) is 0 Å². The van der Waals surface area contributed by atoms with Crippen molar-refractivity contribution in [2.24, 2.45) is 0 Å². The second-order valence-electron chi connectivity index (χ2n) is 6.42. The van der Waals surface area contributed by atoms with Crippen molar-refractivity contribution in [1.82, 2.24) is 4.98 Å². The minimum atomic E-state index is -0.606. The van der Waals surface area contributed by atoms with Gasteiger partial charge in [-0.2, -0.15) is 0 Å². The number of nitrogens with one attached hydrogen (secondary N) is 1. The largest absolute Gasteiger partial charge is 0.451 e. The van der Waals surface area contributed by atoms with Crippen molar-refractivity contribution < 1.29 is 19.1 Å². The molecule has 0 fully saturated rings. The number of rotatable bonds is 4. The van der Waals surface area contributed by atoms with Crippen LogP contribution < -0.4 is 10.2 Å². The average molecular weight is 407 g/mol. The number of carbonyl (C=O) groups excluding carboxylic acids is 3. The van der Waals surface area contributed by atoms with E-state index in [1.165, 1.54) is 16.2 Å². The highest BCUT2D eigenvalue weighted by atomic mass is 32.1. The van der Waals surface area contributed by atoms with Gasteiger partial charge in [-0.15, -0.1) is 11.3 Å². The van der Waals surface area contributed by atoms with Crippen LogP contribution in [0.4, 0.5) is 11.4 Å². The monoisotopic (exact) mass is 407 g/mol. The Morgan fingerprint density at radius 1 is 1.14 bits per heavy atom. The smallest absolute Gasteiger partial charge is 0.350 e. The lowest BCUT2D eigenvalue weighted by Crippen LogP contribution is -2.44. The standard InChI is InChI=1S/C21H17N3O4S/c1-13-19(29-20(22-13)14-7-3-2-4-8-14)21(27)28-12-18(26)24-11-17(25)23-15-9-5-6-10-16(15)24/h2-10H,11-12H2,1H3,(H,23,25). The zero-order valence-corrected chi connectivity index (χ0v) is 16.4. The fraction of sp³-hybridized carbons (Fsp3) is 0.143. The third-order valence-corrected chi connectivity index (χ3v) is 5.59. The molecule has 146 valence electrons. The van der Waals surface area contributed by atoms with Crippen LogP contribution in [-0.4, -0.2) is 35.9 Å². The second-order valence-corrected chi connectivity index (χ2v) is 7.42. The molecule has 1 aliphatic heterocycles. The lowest BCUT2D eigenvalue weighted by atomic mass is 10.2. The second kappa shape index (κ2) is 7.84. The maximum Gasteiger partial charge on any atom is 0.350 e. The number of benzene rings is 2. The summed E-state index contributed by atoms with van der Waals surface area (Å²) < 4.78 is 5.23. The van der Waals surface area contributed by atoms with Crippen molar-refractivity contribution in [2.75, 3.05) is 23.4 Å². The summed E-state index contributed by atoms with van der Waals surface area (Å²) in [4.78, 5) is 43.1. The highest BCUT2D eigenvalue weighted by molar-refractivity contribution is 7.17. The van der Waals surface area contributed by atoms with Crippen LogP contribution in [0.25, 0.3) is 10.6 Å². The number of anilines is 2. The van der Waals surface area contributed by atoms with Crippen LogP contribution in [0.2, 0.25) is 0 Å². The van der Waals surface area contributed by atoms with Crippen LogP contribution in [0.15, 0.2) is 54.6 Å². The van der Waals surface area contributed by atoms with Crippen molar-refractivity contribution in [3.8, 4) is 10.6 Å². The minimum Gasteiger partial charge on any atom is -0.451 e. The summed E-state index contributed by atoms with van der Waals surface area (Å²) in [5.41, 5.74) is 2.59. The van der Waals surface area contributed by atoms with E-state index in [0.717, 1.165) is 5.56 Å². The van der Waals surface area contributed by atoms with Gasteiger partial charge >= 0.3 is 5.97 Å². The number of thiazole rings is 1. The molecule has 0 saturated carbocycles. The molecule has 0 radical (unpaired) electrons. The number of amides is 2. The SMILES string of the molecule is Cc1nc(-c2ccccc2)sc1C(=O)OCC(=O)N1CC(=O)Nc2ccccc21. The highest BCUT2D eigenvalue weighted by Crippen LogP contribution is 2.30. The van der Waals surface area contributed by atoms with E-state index in [1.54, 1.807) is 31.2 Å². The molecule has 2 heterocycles. The van der Waals surface area contributed by atoms with Gasteiger partial charge in [-0.25, -0.2) is 9.78 Å². The van der Waals surface area contributed by atoms with E-state index in [0.29, 0.717) is 27.0 Å².